The van der Waals surface area contributed by atoms with E-state index >= 15 is 0 Å². The van der Waals surface area contributed by atoms with E-state index in [9.17, 15) is 4.79 Å². The molecular formula is C18H25NO. The SMILES string of the molecule is CC=C(C)N1Cc2cc(C)c(C)cc2CC1C(=O)CC. The molecule has 2 nitrogen and oxygen atoms in total. The fourth-order valence-corrected chi connectivity index (χ4v) is 2.94. The lowest BCUT2D eigenvalue weighted by Crippen LogP contribution is -2.44. The van der Waals surface area contributed by atoms with E-state index in [0.29, 0.717) is 12.2 Å². The third-order valence-electron chi connectivity index (χ3n) is 4.54. The minimum atomic E-state index is 0.00538. The summed E-state index contributed by atoms with van der Waals surface area (Å²) in [5, 5.41) is 0. The molecule has 0 saturated heterocycles. The van der Waals surface area contributed by atoms with Crippen LogP contribution < -0.4 is 0 Å². The summed E-state index contributed by atoms with van der Waals surface area (Å²) in [6.45, 7) is 11.3. The lowest BCUT2D eigenvalue weighted by Gasteiger charge is -2.38. The summed E-state index contributed by atoms with van der Waals surface area (Å²) in [6.07, 6.45) is 3.55. The van der Waals surface area contributed by atoms with E-state index in [2.05, 4.69) is 43.9 Å². The molecule has 0 aromatic heterocycles. The summed E-state index contributed by atoms with van der Waals surface area (Å²) in [5.74, 6) is 0.343. The Hall–Kier alpha value is -1.57. The zero-order valence-electron chi connectivity index (χ0n) is 13.3. The van der Waals surface area contributed by atoms with Crippen molar-refractivity contribution in [2.24, 2.45) is 0 Å². The van der Waals surface area contributed by atoms with E-state index < -0.39 is 0 Å². The van der Waals surface area contributed by atoms with Crippen molar-refractivity contribution in [3.63, 3.8) is 0 Å². The Labute approximate surface area is 122 Å². The monoisotopic (exact) mass is 271 g/mol. The second-order valence-corrected chi connectivity index (χ2v) is 5.80. The van der Waals surface area contributed by atoms with Gasteiger partial charge in [0.1, 0.15) is 0 Å². The van der Waals surface area contributed by atoms with Crippen LogP contribution in [-0.2, 0) is 17.8 Å². The van der Waals surface area contributed by atoms with Gasteiger partial charge in [-0.1, -0.05) is 25.1 Å². The quantitative estimate of drug-likeness (QED) is 0.830. The first-order chi connectivity index (χ1) is 9.47. The van der Waals surface area contributed by atoms with E-state index in [-0.39, 0.29) is 6.04 Å². The maximum atomic E-state index is 12.3. The van der Waals surface area contributed by atoms with Gasteiger partial charge in [-0.2, -0.15) is 0 Å². The van der Waals surface area contributed by atoms with Gasteiger partial charge in [-0.25, -0.2) is 0 Å². The Bertz CT molecular complexity index is 557. The third-order valence-corrected chi connectivity index (χ3v) is 4.54. The number of carbonyl (C=O) groups excluding carboxylic acids is 1. The van der Waals surface area contributed by atoms with Gasteiger partial charge in [-0.05, 0) is 49.9 Å². The summed E-state index contributed by atoms with van der Waals surface area (Å²) >= 11 is 0. The highest BCUT2D eigenvalue weighted by atomic mass is 16.1. The zero-order valence-corrected chi connectivity index (χ0v) is 13.3. The van der Waals surface area contributed by atoms with Crippen molar-refractivity contribution < 1.29 is 4.79 Å². The maximum Gasteiger partial charge on any atom is 0.155 e. The molecule has 0 saturated carbocycles. The van der Waals surface area contributed by atoms with Crippen LogP contribution in [-0.4, -0.2) is 16.7 Å². The minimum absolute atomic E-state index is 0.00538. The average Bonchev–Trinajstić information content (AvgIpc) is 2.45. The van der Waals surface area contributed by atoms with Crippen LogP contribution in [0.3, 0.4) is 0 Å². The summed E-state index contributed by atoms with van der Waals surface area (Å²) in [4.78, 5) is 14.6. The molecule has 0 spiro atoms. The zero-order chi connectivity index (χ0) is 14.9. The predicted molar refractivity (Wildman–Crippen MR) is 83.7 cm³/mol. The standard InChI is InChI=1S/C18H25NO/c1-6-14(5)19-11-16-9-13(4)12(3)8-15(16)10-17(19)18(20)7-2/h6,8-9,17H,7,10-11H2,1-5H3. The van der Waals surface area contributed by atoms with Crippen molar-refractivity contribution >= 4 is 5.78 Å². The molecule has 1 atom stereocenters. The number of Topliss-reactive ketones (excluding diaryl/α,β-unsaturated/α-hetero) is 1. The molecule has 2 rings (SSSR count). The number of hydrogen-bond acceptors (Lipinski definition) is 2. The smallest absolute Gasteiger partial charge is 0.155 e. The Kier molecular flexibility index (Phi) is 4.32. The topological polar surface area (TPSA) is 20.3 Å². The molecule has 1 aliphatic rings. The van der Waals surface area contributed by atoms with Gasteiger partial charge in [0.2, 0.25) is 0 Å². The molecule has 1 unspecified atom stereocenters. The van der Waals surface area contributed by atoms with Crippen molar-refractivity contribution in [3.05, 3.63) is 46.2 Å². The van der Waals surface area contributed by atoms with Gasteiger partial charge in [0.15, 0.2) is 5.78 Å². The van der Waals surface area contributed by atoms with Crippen LogP contribution >= 0.6 is 0 Å². The average molecular weight is 271 g/mol. The first kappa shape index (κ1) is 14.8. The second kappa shape index (κ2) is 5.82. The van der Waals surface area contributed by atoms with Crippen molar-refractivity contribution in [1.82, 2.24) is 4.90 Å². The summed E-state index contributed by atoms with van der Waals surface area (Å²) in [5.41, 5.74) is 6.57. The fraction of sp³-hybridized carbons (Fsp3) is 0.500. The van der Waals surface area contributed by atoms with Crippen molar-refractivity contribution in [2.75, 3.05) is 0 Å². The Morgan fingerprint density at radius 3 is 2.45 bits per heavy atom. The second-order valence-electron chi connectivity index (χ2n) is 5.80. The normalized spacial score (nSPS) is 18.9. The molecule has 1 aromatic rings. The minimum Gasteiger partial charge on any atom is -0.361 e. The molecule has 0 fully saturated rings. The highest BCUT2D eigenvalue weighted by molar-refractivity contribution is 5.84. The molecule has 0 radical (unpaired) electrons. The fourth-order valence-electron chi connectivity index (χ4n) is 2.94. The number of rotatable bonds is 3. The molecule has 0 aliphatic carbocycles. The molecule has 0 N–H and O–H groups in total. The van der Waals surface area contributed by atoms with Gasteiger partial charge in [-0.15, -0.1) is 0 Å². The number of aryl methyl sites for hydroxylation is 2. The Morgan fingerprint density at radius 1 is 1.30 bits per heavy atom. The molecule has 1 aliphatic heterocycles. The number of ketones is 1. The van der Waals surface area contributed by atoms with Crippen LogP contribution in [0.1, 0.15) is 49.4 Å². The number of carbonyl (C=O) groups is 1. The van der Waals surface area contributed by atoms with Crippen LogP contribution in [0.25, 0.3) is 0 Å². The number of fused-ring (bicyclic) bond motifs is 1. The third kappa shape index (κ3) is 2.65. The van der Waals surface area contributed by atoms with E-state index in [0.717, 1.165) is 13.0 Å². The van der Waals surface area contributed by atoms with E-state index in [1.165, 1.54) is 28.0 Å². The van der Waals surface area contributed by atoms with Gasteiger partial charge in [0.25, 0.3) is 0 Å². The number of hydrogen-bond donors (Lipinski definition) is 0. The highest BCUT2D eigenvalue weighted by Crippen LogP contribution is 2.29. The number of benzene rings is 1. The van der Waals surface area contributed by atoms with E-state index in [4.69, 9.17) is 0 Å². The van der Waals surface area contributed by atoms with Gasteiger partial charge < -0.3 is 4.90 Å². The lowest BCUT2D eigenvalue weighted by molar-refractivity contribution is -0.123. The van der Waals surface area contributed by atoms with Gasteiger partial charge >= 0.3 is 0 Å². The molecule has 1 aromatic carbocycles. The Morgan fingerprint density at radius 2 is 1.90 bits per heavy atom. The maximum absolute atomic E-state index is 12.3. The first-order valence-corrected chi connectivity index (χ1v) is 7.49. The van der Waals surface area contributed by atoms with Crippen LogP contribution in [0.15, 0.2) is 23.9 Å². The van der Waals surface area contributed by atoms with Crippen molar-refractivity contribution in [1.29, 1.82) is 0 Å². The van der Waals surface area contributed by atoms with Gasteiger partial charge in [-0.3, -0.25) is 4.79 Å². The molecule has 108 valence electrons. The molecule has 1 heterocycles. The van der Waals surface area contributed by atoms with Crippen molar-refractivity contribution in [2.45, 2.75) is 60.0 Å². The summed E-state index contributed by atoms with van der Waals surface area (Å²) in [7, 11) is 0. The molecule has 0 bridgehead atoms. The number of nitrogens with zero attached hydrogens (tertiary/aromatic N) is 1. The lowest BCUT2D eigenvalue weighted by atomic mass is 9.88. The molecule has 0 amide bonds. The Balaban J connectivity index is 2.44. The first-order valence-electron chi connectivity index (χ1n) is 7.49. The molecule has 2 heteroatoms. The highest BCUT2D eigenvalue weighted by Gasteiger charge is 2.30. The van der Waals surface area contributed by atoms with Crippen LogP contribution in [0.2, 0.25) is 0 Å². The summed E-state index contributed by atoms with van der Waals surface area (Å²) in [6, 6.07) is 4.56. The number of allylic oxidation sites excluding steroid dienone is 2. The largest absolute Gasteiger partial charge is 0.361 e. The van der Waals surface area contributed by atoms with Gasteiger partial charge in [0, 0.05) is 25.1 Å². The van der Waals surface area contributed by atoms with Crippen LogP contribution in [0.4, 0.5) is 0 Å². The van der Waals surface area contributed by atoms with Crippen LogP contribution in [0, 0.1) is 13.8 Å². The predicted octanol–water partition coefficient (Wildman–Crippen LogP) is 3.93. The molecule has 20 heavy (non-hydrogen) atoms. The van der Waals surface area contributed by atoms with E-state index in [1.807, 2.05) is 13.8 Å². The summed E-state index contributed by atoms with van der Waals surface area (Å²) < 4.78 is 0. The van der Waals surface area contributed by atoms with Crippen LogP contribution in [0.5, 0.6) is 0 Å². The van der Waals surface area contributed by atoms with E-state index in [1.54, 1.807) is 0 Å². The van der Waals surface area contributed by atoms with Crippen molar-refractivity contribution in [3.8, 4) is 0 Å². The molecular weight excluding hydrogens is 246 g/mol. The van der Waals surface area contributed by atoms with Gasteiger partial charge in [0.05, 0.1) is 6.04 Å².